The summed E-state index contributed by atoms with van der Waals surface area (Å²) in [7, 11) is 3.94. The standard InChI is InChI=1S/C17H30N2O/c1-5-6-11-18-12-13-19(3)15(2)14-16-9-7-8-10-17(16)20-4/h7-10,15,18H,5-6,11-14H2,1-4H3. The normalized spacial score (nSPS) is 12.7. The van der Waals surface area contributed by atoms with Crippen molar-refractivity contribution in [2.24, 2.45) is 0 Å². The summed E-state index contributed by atoms with van der Waals surface area (Å²) in [6.45, 7) is 7.78. The lowest BCUT2D eigenvalue weighted by Gasteiger charge is -2.25. The van der Waals surface area contributed by atoms with E-state index < -0.39 is 0 Å². The Balaban J connectivity index is 2.35. The van der Waals surface area contributed by atoms with E-state index >= 15 is 0 Å². The predicted molar refractivity (Wildman–Crippen MR) is 86.6 cm³/mol. The van der Waals surface area contributed by atoms with Gasteiger partial charge in [-0.15, -0.1) is 0 Å². The zero-order chi connectivity index (χ0) is 14.8. The molecule has 0 amide bonds. The summed E-state index contributed by atoms with van der Waals surface area (Å²) < 4.78 is 5.42. The molecule has 0 aliphatic heterocycles. The van der Waals surface area contributed by atoms with Crippen LogP contribution in [-0.4, -0.2) is 44.7 Å². The van der Waals surface area contributed by atoms with Crippen molar-refractivity contribution in [1.29, 1.82) is 0 Å². The van der Waals surface area contributed by atoms with Crippen LogP contribution in [0.2, 0.25) is 0 Å². The first-order chi connectivity index (χ1) is 9.69. The molecule has 3 nitrogen and oxygen atoms in total. The molecule has 1 aromatic carbocycles. The number of rotatable bonds is 10. The molecule has 3 heteroatoms. The van der Waals surface area contributed by atoms with E-state index in [9.17, 15) is 0 Å². The average molecular weight is 278 g/mol. The average Bonchev–Trinajstić information content (AvgIpc) is 2.47. The summed E-state index contributed by atoms with van der Waals surface area (Å²) >= 11 is 0. The first-order valence-corrected chi connectivity index (χ1v) is 7.71. The van der Waals surface area contributed by atoms with Gasteiger partial charge < -0.3 is 15.0 Å². The molecule has 1 aromatic rings. The molecule has 0 saturated heterocycles. The van der Waals surface area contributed by atoms with Crippen LogP contribution in [0.25, 0.3) is 0 Å². The second-order valence-corrected chi connectivity index (χ2v) is 5.45. The van der Waals surface area contributed by atoms with Crippen molar-refractivity contribution in [2.75, 3.05) is 33.8 Å². The van der Waals surface area contributed by atoms with Crippen molar-refractivity contribution >= 4 is 0 Å². The number of nitrogens with one attached hydrogen (secondary N) is 1. The highest BCUT2D eigenvalue weighted by molar-refractivity contribution is 5.33. The molecule has 0 bridgehead atoms. The molecule has 114 valence electrons. The van der Waals surface area contributed by atoms with Crippen molar-refractivity contribution < 1.29 is 4.74 Å². The van der Waals surface area contributed by atoms with Crippen molar-refractivity contribution in [3.8, 4) is 5.75 Å². The molecular formula is C17H30N2O. The highest BCUT2D eigenvalue weighted by Gasteiger charge is 2.12. The van der Waals surface area contributed by atoms with E-state index in [1.165, 1.54) is 18.4 Å². The van der Waals surface area contributed by atoms with Crippen LogP contribution in [0.4, 0.5) is 0 Å². The Bertz CT molecular complexity index is 368. The molecule has 1 N–H and O–H groups in total. The van der Waals surface area contributed by atoms with E-state index in [0.717, 1.165) is 31.8 Å². The fraction of sp³-hybridized carbons (Fsp3) is 0.647. The molecule has 0 aliphatic carbocycles. The Hall–Kier alpha value is -1.06. The fourth-order valence-electron chi connectivity index (χ4n) is 2.25. The van der Waals surface area contributed by atoms with Gasteiger partial charge in [0.2, 0.25) is 0 Å². The van der Waals surface area contributed by atoms with Crippen LogP contribution in [0.5, 0.6) is 5.75 Å². The summed E-state index contributed by atoms with van der Waals surface area (Å²) in [5, 5.41) is 3.49. The molecule has 1 rings (SSSR count). The van der Waals surface area contributed by atoms with E-state index in [-0.39, 0.29) is 0 Å². The molecule has 0 heterocycles. The van der Waals surface area contributed by atoms with Crippen LogP contribution < -0.4 is 10.1 Å². The van der Waals surface area contributed by atoms with Gasteiger partial charge in [0.25, 0.3) is 0 Å². The monoisotopic (exact) mass is 278 g/mol. The number of para-hydroxylation sites is 1. The number of unbranched alkanes of at least 4 members (excludes halogenated alkanes) is 1. The summed E-state index contributed by atoms with van der Waals surface area (Å²) in [5.41, 5.74) is 1.29. The summed E-state index contributed by atoms with van der Waals surface area (Å²) in [4.78, 5) is 2.41. The van der Waals surface area contributed by atoms with Crippen LogP contribution in [0.3, 0.4) is 0 Å². The molecule has 0 saturated carbocycles. The van der Waals surface area contributed by atoms with Gasteiger partial charge in [-0.3, -0.25) is 0 Å². The molecule has 1 unspecified atom stereocenters. The number of ether oxygens (including phenoxy) is 1. The zero-order valence-corrected chi connectivity index (χ0v) is 13.5. The van der Waals surface area contributed by atoms with Gasteiger partial charge >= 0.3 is 0 Å². The Morgan fingerprint density at radius 2 is 2.00 bits per heavy atom. The summed E-state index contributed by atoms with van der Waals surface area (Å²) in [6.07, 6.45) is 3.54. The second-order valence-electron chi connectivity index (χ2n) is 5.45. The Morgan fingerprint density at radius 3 is 2.70 bits per heavy atom. The van der Waals surface area contributed by atoms with Gasteiger partial charge in [-0.25, -0.2) is 0 Å². The molecule has 0 spiro atoms. The highest BCUT2D eigenvalue weighted by Crippen LogP contribution is 2.19. The number of methoxy groups -OCH3 is 1. The van der Waals surface area contributed by atoms with E-state index in [0.29, 0.717) is 6.04 Å². The van der Waals surface area contributed by atoms with Crippen molar-refractivity contribution in [2.45, 2.75) is 39.2 Å². The third-order valence-electron chi connectivity index (χ3n) is 3.81. The van der Waals surface area contributed by atoms with Gasteiger partial charge in [0.15, 0.2) is 0 Å². The largest absolute Gasteiger partial charge is 0.496 e. The number of nitrogens with zero attached hydrogens (tertiary/aromatic N) is 1. The van der Waals surface area contributed by atoms with Gasteiger partial charge in [-0.2, -0.15) is 0 Å². The lowest BCUT2D eigenvalue weighted by Crippen LogP contribution is -2.36. The summed E-state index contributed by atoms with van der Waals surface area (Å²) in [6, 6.07) is 8.81. The fourth-order valence-corrected chi connectivity index (χ4v) is 2.25. The lowest BCUT2D eigenvalue weighted by atomic mass is 10.1. The molecule has 1 atom stereocenters. The van der Waals surface area contributed by atoms with Crippen LogP contribution in [0.1, 0.15) is 32.3 Å². The molecule has 20 heavy (non-hydrogen) atoms. The van der Waals surface area contributed by atoms with Crippen molar-refractivity contribution in [3.63, 3.8) is 0 Å². The smallest absolute Gasteiger partial charge is 0.122 e. The van der Waals surface area contributed by atoms with Crippen LogP contribution in [0.15, 0.2) is 24.3 Å². The van der Waals surface area contributed by atoms with Gasteiger partial charge in [-0.1, -0.05) is 31.5 Å². The number of hydrogen-bond acceptors (Lipinski definition) is 3. The molecule has 0 aliphatic rings. The van der Waals surface area contributed by atoms with Gasteiger partial charge in [-0.05, 0) is 45.0 Å². The number of benzene rings is 1. The van der Waals surface area contributed by atoms with E-state index in [4.69, 9.17) is 4.74 Å². The van der Waals surface area contributed by atoms with E-state index in [1.807, 2.05) is 12.1 Å². The predicted octanol–water partition coefficient (Wildman–Crippen LogP) is 2.95. The maximum Gasteiger partial charge on any atom is 0.122 e. The van der Waals surface area contributed by atoms with Crippen molar-refractivity contribution in [3.05, 3.63) is 29.8 Å². The number of likely N-dealkylation sites (N-methyl/N-ethyl adjacent to an activating group) is 1. The Morgan fingerprint density at radius 1 is 1.25 bits per heavy atom. The number of hydrogen-bond donors (Lipinski definition) is 1. The summed E-state index contributed by atoms with van der Waals surface area (Å²) in [5.74, 6) is 0.994. The maximum atomic E-state index is 5.42. The third kappa shape index (κ3) is 5.93. The third-order valence-corrected chi connectivity index (χ3v) is 3.81. The van der Waals surface area contributed by atoms with E-state index in [2.05, 4.69) is 43.2 Å². The minimum Gasteiger partial charge on any atom is -0.496 e. The highest BCUT2D eigenvalue weighted by atomic mass is 16.5. The lowest BCUT2D eigenvalue weighted by molar-refractivity contribution is 0.254. The second kappa shape index (κ2) is 9.78. The van der Waals surface area contributed by atoms with Gasteiger partial charge in [0.1, 0.15) is 5.75 Å². The van der Waals surface area contributed by atoms with E-state index in [1.54, 1.807) is 7.11 Å². The molecular weight excluding hydrogens is 248 g/mol. The quantitative estimate of drug-likeness (QED) is 0.666. The molecule has 0 aromatic heterocycles. The van der Waals surface area contributed by atoms with Crippen LogP contribution in [0, 0.1) is 0 Å². The zero-order valence-electron chi connectivity index (χ0n) is 13.5. The van der Waals surface area contributed by atoms with Crippen LogP contribution >= 0.6 is 0 Å². The minimum absolute atomic E-state index is 0.513. The van der Waals surface area contributed by atoms with Gasteiger partial charge in [0, 0.05) is 19.1 Å². The molecule has 0 fully saturated rings. The van der Waals surface area contributed by atoms with Crippen molar-refractivity contribution in [1.82, 2.24) is 10.2 Å². The first-order valence-electron chi connectivity index (χ1n) is 7.71. The van der Waals surface area contributed by atoms with Gasteiger partial charge in [0.05, 0.1) is 7.11 Å². The first kappa shape index (κ1) is 17.0. The minimum atomic E-state index is 0.513. The molecule has 0 radical (unpaired) electrons. The Labute approximate surface area is 124 Å². The SMILES string of the molecule is CCCCNCCN(C)C(C)Cc1ccccc1OC. The maximum absolute atomic E-state index is 5.42. The topological polar surface area (TPSA) is 24.5 Å². The Kier molecular flexibility index (Phi) is 8.31. The van der Waals surface area contributed by atoms with Crippen LogP contribution in [-0.2, 0) is 6.42 Å².